The number of carbonyl (C=O) groups excluding carboxylic acids is 5. The van der Waals surface area contributed by atoms with Crippen molar-refractivity contribution in [2.75, 3.05) is 33.0 Å². The average molecular weight is 374 g/mol. The predicted octanol–water partition coefficient (Wildman–Crippen LogP) is -1.36. The fourth-order valence-corrected chi connectivity index (χ4v) is 1.95. The molecule has 2 aliphatic heterocycles. The lowest BCUT2D eigenvalue weighted by molar-refractivity contribution is -0.332. The van der Waals surface area contributed by atoms with Gasteiger partial charge in [-0.05, 0) is 11.6 Å². The first-order valence-electron chi connectivity index (χ1n) is 7.86. The van der Waals surface area contributed by atoms with Gasteiger partial charge >= 0.3 is 11.9 Å². The fraction of sp³-hybridized carbons (Fsp3) is 0.643. The lowest BCUT2D eigenvalue weighted by atomic mass is 10.3. The molecular weight excluding hydrogens is 356 g/mol. The van der Waals surface area contributed by atoms with Crippen molar-refractivity contribution in [3.63, 3.8) is 0 Å². The second-order valence-electron chi connectivity index (χ2n) is 5.20. The molecule has 26 heavy (non-hydrogen) atoms. The Morgan fingerprint density at radius 3 is 2.00 bits per heavy atom. The first-order valence-corrected chi connectivity index (χ1v) is 7.86. The molecule has 2 aliphatic rings. The predicted molar refractivity (Wildman–Crippen MR) is 76.9 cm³/mol. The van der Waals surface area contributed by atoms with Crippen molar-refractivity contribution in [2.45, 2.75) is 25.7 Å². The number of ether oxygens (including phenoxy) is 2. The number of rotatable bonds is 9. The van der Waals surface area contributed by atoms with Crippen LogP contribution in [0.2, 0.25) is 0 Å². The largest absolute Gasteiger partial charge is 0.367 e. The van der Waals surface area contributed by atoms with Crippen LogP contribution in [-0.2, 0) is 48.0 Å². The number of hydrogen-bond acceptors (Lipinski definition) is 10. The summed E-state index contributed by atoms with van der Waals surface area (Å²) in [7, 11) is 0. The molecule has 0 aromatic heterocycles. The van der Waals surface area contributed by atoms with E-state index in [2.05, 4.69) is 9.68 Å². The molecule has 3 amide bonds. The van der Waals surface area contributed by atoms with Gasteiger partial charge in [-0.15, -0.1) is 5.06 Å². The molecule has 0 unspecified atom stereocenters. The molecule has 0 spiro atoms. The Morgan fingerprint density at radius 2 is 1.42 bits per heavy atom. The van der Waals surface area contributed by atoms with Crippen LogP contribution >= 0.6 is 0 Å². The van der Waals surface area contributed by atoms with Gasteiger partial charge in [0.05, 0.1) is 19.8 Å². The van der Waals surface area contributed by atoms with Crippen molar-refractivity contribution in [3.8, 4) is 0 Å². The average Bonchev–Trinajstić information content (AvgIpc) is 2.92. The van der Waals surface area contributed by atoms with Gasteiger partial charge in [-0.2, -0.15) is 0 Å². The minimum Gasteiger partial charge on any atom is -0.367 e. The van der Waals surface area contributed by atoms with Crippen molar-refractivity contribution < 1.29 is 48.0 Å². The van der Waals surface area contributed by atoms with Crippen LogP contribution in [0.25, 0.3) is 0 Å². The third-order valence-electron chi connectivity index (χ3n) is 3.14. The van der Waals surface area contributed by atoms with Crippen LogP contribution in [0, 0.1) is 0 Å². The zero-order valence-electron chi connectivity index (χ0n) is 13.8. The van der Waals surface area contributed by atoms with Gasteiger partial charge in [0.1, 0.15) is 13.2 Å². The second kappa shape index (κ2) is 9.79. The van der Waals surface area contributed by atoms with E-state index in [1.54, 1.807) is 0 Å². The Hall–Kier alpha value is -2.57. The van der Waals surface area contributed by atoms with Gasteiger partial charge in [0.2, 0.25) is 0 Å². The van der Waals surface area contributed by atoms with E-state index in [0.717, 1.165) is 0 Å². The molecule has 0 radical (unpaired) electrons. The summed E-state index contributed by atoms with van der Waals surface area (Å²) in [6.45, 7) is -0.765. The lowest BCUT2D eigenvalue weighted by Crippen LogP contribution is -2.38. The van der Waals surface area contributed by atoms with Gasteiger partial charge in [0, 0.05) is 19.3 Å². The summed E-state index contributed by atoms with van der Waals surface area (Å²) in [6.07, 6.45) is 0.798. The van der Waals surface area contributed by atoms with Crippen molar-refractivity contribution >= 4 is 29.7 Å². The molecule has 0 saturated carbocycles. The van der Waals surface area contributed by atoms with E-state index < -0.39 is 42.9 Å². The number of amides is 3. The Bertz CT molecular complexity index is 562. The van der Waals surface area contributed by atoms with Gasteiger partial charge in [0.15, 0.2) is 0 Å². The normalized spacial score (nSPS) is 17.6. The summed E-state index contributed by atoms with van der Waals surface area (Å²) in [5, 5.41) is 0.949. The van der Waals surface area contributed by atoms with E-state index in [1.807, 2.05) is 0 Å². The third-order valence-corrected chi connectivity index (χ3v) is 3.14. The first-order chi connectivity index (χ1) is 12.5. The van der Waals surface area contributed by atoms with Crippen molar-refractivity contribution in [1.82, 2.24) is 10.3 Å². The van der Waals surface area contributed by atoms with Gasteiger partial charge in [-0.25, -0.2) is 14.4 Å². The van der Waals surface area contributed by atoms with Crippen LogP contribution in [-0.4, -0.2) is 73.0 Å². The van der Waals surface area contributed by atoms with Gasteiger partial charge in [0.25, 0.3) is 17.7 Å². The molecule has 0 bridgehead atoms. The lowest BCUT2D eigenvalue weighted by Gasteiger charge is -2.23. The van der Waals surface area contributed by atoms with E-state index in [1.165, 1.54) is 0 Å². The van der Waals surface area contributed by atoms with Crippen molar-refractivity contribution in [1.29, 1.82) is 0 Å². The zero-order chi connectivity index (χ0) is 18.9. The molecule has 12 heteroatoms. The van der Waals surface area contributed by atoms with Crippen molar-refractivity contribution in [2.24, 2.45) is 0 Å². The molecule has 2 heterocycles. The van der Waals surface area contributed by atoms with Crippen LogP contribution in [0.1, 0.15) is 25.7 Å². The van der Waals surface area contributed by atoms with E-state index in [0.29, 0.717) is 16.7 Å². The van der Waals surface area contributed by atoms with E-state index in [4.69, 9.17) is 14.3 Å². The van der Waals surface area contributed by atoms with Crippen LogP contribution in [0.15, 0.2) is 0 Å². The molecule has 144 valence electrons. The summed E-state index contributed by atoms with van der Waals surface area (Å²) in [4.78, 5) is 70.8. The molecule has 2 rings (SSSR count). The Labute approximate surface area is 147 Å². The number of carbonyl (C=O) groups is 5. The van der Waals surface area contributed by atoms with Crippen LogP contribution in [0.5, 0.6) is 0 Å². The molecular formula is C14H18N2O10. The summed E-state index contributed by atoms with van der Waals surface area (Å²) < 4.78 is 9.89. The Morgan fingerprint density at radius 1 is 0.846 bits per heavy atom. The summed E-state index contributed by atoms with van der Waals surface area (Å²) in [6, 6.07) is 0. The molecule has 12 nitrogen and oxygen atoms in total. The number of hydroxylamine groups is 4. The highest BCUT2D eigenvalue weighted by molar-refractivity contribution is 6.01. The number of hydrogen-bond donors (Lipinski definition) is 0. The van der Waals surface area contributed by atoms with E-state index in [9.17, 15) is 24.0 Å². The topological polar surface area (TPSA) is 138 Å². The minimum atomic E-state index is -0.909. The van der Waals surface area contributed by atoms with Crippen LogP contribution < -0.4 is 0 Å². The standard InChI is InChI=1S/C14H18N2O10/c17-10-3-4-11(18)15(10)25-13(20)8-22-6-7-23-9-14(21)26-16-12(19)2-1-5-24-16/h1-9H2. The molecule has 2 saturated heterocycles. The Balaban J connectivity index is 1.50. The summed E-state index contributed by atoms with van der Waals surface area (Å²) in [5.74, 6) is -3.36. The molecule has 2 fully saturated rings. The minimum absolute atomic E-state index is 0.00494. The molecule has 0 aliphatic carbocycles. The monoisotopic (exact) mass is 374 g/mol. The van der Waals surface area contributed by atoms with Crippen LogP contribution in [0.3, 0.4) is 0 Å². The Kier molecular flexibility index (Phi) is 7.44. The molecule has 0 atom stereocenters. The maximum absolute atomic E-state index is 11.4. The molecule has 0 aromatic carbocycles. The smallest absolute Gasteiger partial charge is 0.361 e. The van der Waals surface area contributed by atoms with E-state index in [-0.39, 0.29) is 39.1 Å². The highest BCUT2D eigenvalue weighted by atomic mass is 17.0. The van der Waals surface area contributed by atoms with Crippen molar-refractivity contribution in [3.05, 3.63) is 0 Å². The molecule has 0 N–H and O–H groups in total. The van der Waals surface area contributed by atoms with Gasteiger partial charge in [-0.3, -0.25) is 14.4 Å². The maximum Gasteiger partial charge on any atom is 0.361 e. The molecule has 0 aromatic rings. The summed E-state index contributed by atoms with van der Waals surface area (Å²) >= 11 is 0. The SMILES string of the molecule is O=C(COCCOCC(=O)ON1C(=O)CCC1=O)ON1OCCCC1=O. The highest BCUT2D eigenvalue weighted by Crippen LogP contribution is 2.12. The van der Waals surface area contributed by atoms with Gasteiger partial charge < -0.3 is 19.1 Å². The van der Waals surface area contributed by atoms with Gasteiger partial charge in [-0.1, -0.05) is 0 Å². The fourth-order valence-electron chi connectivity index (χ4n) is 1.95. The first kappa shape index (κ1) is 19.8. The van der Waals surface area contributed by atoms with E-state index >= 15 is 0 Å². The third kappa shape index (κ3) is 6.06. The highest BCUT2D eigenvalue weighted by Gasteiger charge is 2.32. The second-order valence-corrected chi connectivity index (χ2v) is 5.20. The quantitative estimate of drug-likeness (QED) is 0.351. The zero-order valence-corrected chi connectivity index (χ0v) is 13.8. The maximum atomic E-state index is 11.4. The summed E-state index contributed by atoms with van der Waals surface area (Å²) in [5.41, 5.74) is 0. The number of imide groups is 1. The van der Waals surface area contributed by atoms with Crippen LogP contribution in [0.4, 0.5) is 0 Å². The number of nitrogens with zero attached hydrogens (tertiary/aromatic N) is 2.